The number of hydrogen-bond donors (Lipinski definition) is 0. The number of imidazole rings is 1. The molecule has 0 saturated heterocycles. The minimum absolute atomic E-state index is 0. The first-order valence-corrected chi connectivity index (χ1v) is 7.99. The third kappa shape index (κ3) is 3.11. The molecule has 0 aliphatic carbocycles. The van der Waals surface area contributed by atoms with Crippen molar-refractivity contribution in [1.29, 1.82) is 0 Å². The summed E-state index contributed by atoms with van der Waals surface area (Å²) in [5.74, 6) is 0.981. The Morgan fingerprint density at radius 2 is 1.62 bits per heavy atom. The molecular formula is C21H23IrN2-. The first-order chi connectivity index (χ1) is 10.9. The number of aromatic nitrogens is 2. The minimum atomic E-state index is 0. The van der Waals surface area contributed by atoms with Gasteiger partial charge in [0.15, 0.2) is 0 Å². The zero-order chi connectivity index (χ0) is 16.7. The SMILES string of the molecule is Cc1cc(C)c(-c2ccc[c-]c2-c2nc(C)c(C)n2C)c(C)c1.[Ir]. The van der Waals surface area contributed by atoms with E-state index in [1.54, 1.807) is 0 Å². The van der Waals surface area contributed by atoms with Gasteiger partial charge >= 0.3 is 0 Å². The maximum absolute atomic E-state index is 4.77. The Labute approximate surface area is 158 Å². The van der Waals surface area contributed by atoms with E-state index in [0.29, 0.717) is 0 Å². The first kappa shape index (κ1) is 18.6. The molecule has 0 fully saturated rings. The van der Waals surface area contributed by atoms with Gasteiger partial charge in [-0.3, -0.25) is 4.98 Å². The molecule has 2 nitrogen and oxygen atoms in total. The Hall–Kier alpha value is -1.70. The molecule has 1 radical (unpaired) electrons. The number of hydrogen-bond acceptors (Lipinski definition) is 1. The maximum Gasteiger partial charge on any atom is 0.0567 e. The van der Waals surface area contributed by atoms with E-state index in [9.17, 15) is 0 Å². The van der Waals surface area contributed by atoms with Gasteiger partial charge in [0.25, 0.3) is 0 Å². The first-order valence-electron chi connectivity index (χ1n) is 7.99. The summed E-state index contributed by atoms with van der Waals surface area (Å²) < 4.78 is 2.16. The van der Waals surface area contributed by atoms with Crippen LogP contribution in [0.3, 0.4) is 0 Å². The topological polar surface area (TPSA) is 17.8 Å². The smallest absolute Gasteiger partial charge is 0.0567 e. The number of nitrogens with zero attached hydrogens (tertiary/aromatic N) is 2. The monoisotopic (exact) mass is 496 g/mol. The molecule has 0 unspecified atom stereocenters. The summed E-state index contributed by atoms with van der Waals surface area (Å²) in [5.41, 5.74) is 9.73. The van der Waals surface area contributed by atoms with Crippen LogP contribution in [0.5, 0.6) is 0 Å². The van der Waals surface area contributed by atoms with Crippen LogP contribution in [0.1, 0.15) is 28.1 Å². The van der Waals surface area contributed by atoms with Crippen molar-refractivity contribution in [2.24, 2.45) is 7.05 Å². The standard InChI is InChI=1S/C21H23N2.Ir/c1-13-11-14(2)20(15(3)12-13)18-9-7-8-10-19(18)21-22-16(4)17(5)23(21)6;/h7-9,11-12H,1-6H3;/q-1;. The summed E-state index contributed by atoms with van der Waals surface area (Å²) >= 11 is 0. The van der Waals surface area contributed by atoms with Gasteiger partial charge in [0.05, 0.1) is 5.82 Å². The zero-order valence-electron chi connectivity index (χ0n) is 15.1. The molecule has 0 saturated carbocycles. The van der Waals surface area contributed by atoms with E-state index < -0.39 is 0 Å². The van der Waals surface area contributed by atoms with E-state index >= 15 is 0 Å². The van der Waals surface area contributed by atoms with E-state index in [1.165, 1.54) is 33.5 Å². The molecule has 0 atom stereocenters. The third-order valence-electron chi connectivity index (χ3n) is 4.64. The van der Waals surface area contributed by atoms with Gasteiger partial charge in [-0.25, -0.2) is 0 Å². The van der Waals surface area contributed by atoms with E-state index in [2.05, 4.69) is 76.6 Å². The van der Waals surface area contributed by atoms with Crippen LogP contribution in [0, 0.1) is 40.7 Å². The van der Waals surface area contributed by atoms with E-state index in [1.807, 2.05) is 6.07 Å². The third-order valence-corrected chi connectivity index (χ3v) is 4.64. The molecule has 2 aromatic carbocycles. The van der Waals surface area contributed by atoms with Crippen LogP contribution in [0.25, 0.3) is 22.5 Å². The number of aryl methyl sites for hydroxylation is 4. The molecule has 1 aromatic heterocycles. The Bertz CT molecular complexity index is 868. The summed E-state index contributed by atoms with van der Waals surface area (Å²) in [6.45, 7) is 10.7. The molecule has 1 heterocycles. The van der Waals surface area contributed by atoms with Crippen LogP contribution in [0.2, 0.25) is 0 Å². The number of rotatable bonds is 2. The van der Waals surface area contributed by atoms with Crippen LogP contribution in [-0.4, -0.2) is 9.55 Å². The van der Waals surface area contributed by atoms with Gasteiger partial charge < -0.3 is 4.57 Å². The van der Waals surface area contributed by atoms with Crippen LogP contribution in [-0.2, 0) is 27.2 Å². The van der Waals surface area contributed by atoms with Crippen molar-refractivity contribution in [2.45, 2.75) is 34.6 Å². The fraction of sp³-hybridized carbons (Fsp3) is 0.286. The summed E-state index contributed by atoms with van der Waals surface area (Å²) in [6, 6.07) is 14.1. The molecular weight excluding hydrogens is 472 g/mol. The maximum atomic E-state index is 4.77. The van der Waals surface area contributed by atoms with Crippen molar-refractivity contribution < 1.29 is 20.1 Å². The second-order valence-corrected chi connectivity index (χ2v) is 6.40. The molecule has 0 aliphatic rings. The second kappa shape index (κ2) is 7.04. The fourth-order valence-corrected chi connectivity index (χ4v) is 3.37. The Kier molecular flexibility index (Phi) is 5.47. The van der Waals surface area contributed by atoms with Crippen molar-refractivity contribution in [3.8, 4) is 22.5 Å². The normalized spacial score (nSPS) is 10.6. The van der Waals surface area contributed by atoms with Crippen LogP contribution >= 0.6 is 0 Å². The Balaban J connectivity index is 0.00000208. The largest absolute Gasteiger partial charge is 0.371 e. The van der Waals surface area contributed by atoms with Crippen molar-refractivity contribution >= 4 is 0 Å². The van der Waals surface area contributed by atoms with Gasteiger partial charge in [0.1, 0.15) is 0 Å². The molecule has 0 spiro atoms. The van der Waals surface area contributed by atoms with Crippen LogP contribution in [0.4, 0.5) is 0 Å². The zero-order valence-corrected chi connectivity index (χ0v) is 17.5. The molecule has 0 N–H and O–H groups in total. The van der Waals surface area contributed by atoms with Gasteiger partial charge in [-0.2, -0.15) is 0 Å². The average molecular weight is 496 g/mol. The summed E-state index contributed by atoms with van der Waals surface area (Å²) in [6.07, 6.45) is 0. The van der Waals surface area contributed by atoms with E-state index in [4.69, 9.17) is 4.98 Å². The molecule has 0 bridgehead atoms. The predicted molar refractivity (Wildman–Crippen MR) is 96.6 cm³/mol. The summed E-state index contributed by atoms with van der Waals surface area (Å²) in [7, 11) is 2.07. The average Bonchev–Trinajstić information content (AvgIpc) is 2.74. The van der Waals surface area contributed by atoms with Gasteiger partial charge in [-0.15, -0.1) is 29.8 Å². The molecule has 24 heavy (non-hydrogen) atoms. The molecule has 0 aliphatic heterocycles. The van der Waals surface area contributed by atoms with Gasteiger partial charge in [0, 0.05) is 38.5 Å². The van der Waals surface area contributed by atoms with Gasteiger partial charge in [-0.1, -0.05) is 39.9 Å². The van der Waals surface area contributed by atoms with Gasteiger partial charge in [0.2, 0.25) is 0 Å². The van der Waals surface area contributed by atoms with Crippen molar-refractivity contribution in [1.82, 2.24) is 9.55 Å². The van der Waals surface area contributed by atoms with Crippen molar-refractivity contribution in [3.05, 3.63) is 64.5 Å². The number of benzene rings is 2. The summed E-state index contributed by atoms with van der Waals surface area (Å²) in [4.78, 5) is 4.77. The van der Waals surface area contributed by atoms with Crippen LogP contribution in [0.15, 0.2) is 30.3 Å². The van der Waals surface area contributed by atoms with Crippen LogP contribution < -0.4 is 0 Å². The quantitative estimate of drug-likeness (QED) is 0.453. The molecule has 3 aromatic rings. The van der Waals surface area contributed by atoms with Gasteiger partial charge in [-0.05, 0) is 34.6 Å². The molecule has 3 rings (SSSR count). The van der Waals surface area contributed by atoms with Crippen molar-refractivity contribution in [2.75, 3.05) is 0 Å². The summed E-state index contributed by atoms with van der Waals surface area (Å²) in [5, 5.41) is 0. The fourth-order valence-electron chi connectivity index (χ4n) is 3.37. The Morgan fingerprint density at radius 1 is 1.00 bits per heavy atom. The van der Waals surface area contributed by atoms with Crippen molar-refractivity contribution in [3.63, 3.8) is 0 Å². The minimum Gasteiger partial charge on any atom is -0.371 e. The predicted octanol–water partition coefficient (Wildman–Crippen LogP) is 5.09. The van der Waals surface area contributed by atoms with E-state index in [-0.39, 0.29) is 20.1 Å². The molecule has 3 heteroatoms. The Morgan fingerprint density at radius 3 is 2.17 bits per heavy atom. The molecule has 0 amide bonds. The van der Waals surface area contributed by atoms with E-state index in [0.717, 1.165) is 17.1 Å². The molecule has 127 valence electrons. The second-order valence-electron chi connectivity index (χ2n) is 6.40.